The van der Waals surface area contributed by atoms with Gasteiger partial charge < -0.3 is 4.90 Å². The van der Waals surface area contributed by atoms with Gasteiger partial charge in [-0.05, 0) is 48.6 Å². The van der Waals surface area contributed by atoms with Crippen LogP contribution >= 0.6 is 35.2 Å². The number of halogens is 1. The lowest BCUT2D eigenvalue weighted by atomic mass is 10.2. The van der Waals surface area contributed by atoms with E-state index in [4.69, 9.17) is 28.9 Å². The van der Waals surface area contributed by atoms with Crippen molar-refractivity contribution in [1.29, 1.82) is 0 Å². The summed E-state index contributed by atoms with van der Waals surface area (Å²) < 4.78 is 4.89. The summed E-state index contributed by atoms with van der Waals surface area (Å²) in [6, 6.07) is 9.43. The molecule has 3 aromatic rings. The molecule has 3 heterocycles. The lowest BCUT2D eigenvalue weighted by molar-refractivity contribution is -0.384. The molecule has 2 aromatic heterocycles. The number of nitro groups is 1. The van der Waals surface area contributed by atoms with Crippen molar-refractivity contribution in [2.75, 3.05) is 31.1 Å². The number of anilines is 1. The second kappa shape index (κ2) is 8.34. The van der Waals surface area contributed by atoms with Gasteiger partial charge in [0.25, 0.3) is 5.69 Å². The molecule has 1 saturated carbocycles. The highest BCUT2D eigenvalue weighted by Crippen LogP contribution is 2.39. The number of benzene rings is 1. The molecule has 0 atom stereocenters. The molecule has 11 heteroatoms. The third-order valence-electron chi connectivity index (χ3n) is 5.71. The Labute approximate surface area is 193 Å². The minimum atomic E-state index is -0.371. The van der Waals surface area contributed by atoms with Gasteiger partial charge in [-0.1, -0.05) is 17.7 Å². The molecule has 5 rings (SSSR count). The van der Waals surface area contributed by atoms with Crippen LogP contribution in [0.15, 0.2) is 35.7 Å². The number of rotatable bonds is 6. The lowest BCUT2D eigenvalue weighted by Crippen LogP contribution is -2.47. The molecule has 2 aliphatic rings. The first-order valence-electron chi connectivity index (χ1n) is 10.2. The Bertz CT molecular complexity index is 1160. The van der Waals surface area contributed by atoms with Crippen molar-refractivity contribution in [3.05, 3.63) is 55.6 Å². The molecule has 162 valence electrons. The Kier molecular flexibility index (Phi) is 5.55. The van der Waals surface area contributed by atoms with E-state index in [0.717, 1.165) is 41.4 Å². The number of thiophene rings is 1. The number of hydrogen-bond donors (Lipinski definition) is 0. The lowest BCUT2D eigenvalue weighted by Gasteiger charge is -2.35. The van der Waals surface area contributed by atoms with E-state index in [1.807, 2.05) is 15.6 Å². The number of aromatic nitrogens is 3. The van der Waals surface area contributed by atoms with Gasteiger partial charge in [0.1, 0.15) is 5.69 Å². The van der Waals surface area contributed by atoms with Crippen LogP contribution in [0.3, 0.4) is 0 Å². The van der Waals surface area contributed by atoms with Crippen LogP contribution in [0.4, 0.5) is 11.4 Å². The Hall–Kier alpha value is -2.27. The maximum Gasteiger partial charge on any atom is 0.294 e. The summed E-state index contributed by atoms with van der Waals surface area (Å²) in [5.74, 6) is 0.956. The zero-order valence-corrected chi connectivity index (χ0v) is 19.1. The Balaban J connectivity index is 1.31. The van der Waals surface area contributed by atoms with Crippen molar-refractivity contribution in [2.45, 2.75) is 25.6 Å². The summed E-state index contributed by atoms with van der Waals surface area (Å²) in [5.41, 5.74) is 0.663. The number of piperazine rings is 1. The Morgan fingerprint density at radius 3 is 2.65 bits per heavy atom. The largest absolute Gasteiger partial charge is 0.363 e. The molecule has 8 nitrogen and oxygen atoms in total. The van der Waals surface area contributed by atoms with E-state index in [1.165, 1.54) is 6.07 Å². The second-order valence-corrected chi connectivity index (χ2v) is 9.57. The smallest absolute Gasteiger partial charge is 0.294 e. The third kappa shape index (κ3) is 4.12. The molecule has 31 heavy (non-hydrogen) atoms. The standard InChI is InChI=1S/C20H21ClN6O2S2/c21-14-3-6-16(17(12-14)27(28)29)24-9-7-23(8-10-24)13-25-20(30)26(15-4-5-15)19(22-25)18-2-1-11-31-18/h1-3,6,11-12,15H,4-5,7-10,13H2. The van der Waals surface area contributed by atoms with Crippen molar-refractivity contribution in [3.8, 4) is 10.7 Å². The SMILES string of the molecule is O=[N+]([O-])c1cc(Cl)ccc1N1CCN(Cn2nc(-c3cccs3)n(C3CC3)c2=S)CC1. The van der Waals surface area contributed by atoms with Crippen LogP contribution in [-0.2, 0) is 6.67 Å². The van der Waals surface area contributed by atoms with Gasteiger partial charge in [0.05, 0.1) is 16.5 Å². The molecule has 1 aromatic carbocycles. The highest BCUT2D eigenvalue weighted by molar-refractivity contribution is 7.71. The first-order chi connectivity index (χ1) is 15.0. The summed E-state index contributed by atoms with van der Waals surface area (Å²) in [5, 5.41) is 18.7. The summed E-state index contributed by atoms with van der Waals surface area (Å²) in [4.78, 5) is 16.5. The predicted molar refractivity (Wildman–Crippen MR) is 125 cm³/mol. The van der Waals surface area contributed by atoms with Crippen LogP contribution < -0.4 is 4.90 Å². The topological polar surface area (TPSA) is 72.4 Å². The maximum absolute atomic E-state index is 11.4. The third-order valence-corrected chi connectivity index (χ3v) is 7.21. The molecule has 1 saturated heterocycles. The summed E-state index contributed by atoms with van der Waals surface area (Å²) in [6.07, 6.45) is 2.30. The molecule has 1 aliphatic heterocycles. The van der Waals surface area contributed by atoms with E-state index < -0.39 is 0 Å². The summed E-state index contributed by atoms with van der Waals surface area (Å²) in [7, 11) is 0. The summed E-state index contributed by atoms with van der Waals surface area (Å²) >= 11 is 13.4. The summed E-state index contributed by atoms with van der Waals surface area (Å²) in [6.45, 7) is 3.54. The zero-order chi connectivity index (χ0) is 21.5. The highest BCUT2D eigenvalue weighted by Gasteiger charge is 2.30. The first kappa shape index (κ1) is 20.6. The second-order valence-electron chi connectivity index (χ2n) is 7.82. The molecule has 0 radical (unpaired) electrons. The highest BCUT2D eigenvalue weighted by atomic mass is 35.5. The Morgan fingerprint density at radius 2 is 2.00 bits per heavy atom. The van der Waals surface area contributed by atoms with Gasteiger partial charge in [0, 0.05) is 43.3 Å². The molecule has 1 aliphatic carbocycles. The molecular formula is C20H21ClN6O2S2. The van der Waals surface area contributed by atoms with Gasteiger partial charge in [-0.3, -0.25) is 19.6 Å². The monoisotopic (exact) mass is 476 g/mol. The van der Waals surface area contributed by atoms with Crippen molar-refractivity contribution in [2.24, 2.45) is 0 Å². The van der Waals surface area contributed by atoms with Gasteiger partial charge in [0.15, 0.2) is 10.6 Å². The van der Waals surface area contributed by atoms with Crippen LogP contribution in [-0.4, -0.2) is 50.3 Å². The van der Waals surface area contributed by atoms with Crippen molar-refractivity contribution < 1.29 is 4.92 Å². The fraction of sp³-hybridized carbons (Fsp3) is 0.400. The van der Waals surface area contributed by atoms with Gasteiger partial charge >= 0.3 is 0 Å². The number of nitrogens with zero attached hydrogens (tertiary/aromatic N) is 6. The van der Waals surface area contributed by atoms with Crippen LogP contribution in [0.2, 0.25) is 5.02 Å². The van der Waals surface area contributed by atoms with Gasteiger partial charge in [-0.25, -0.2) is 4.68 Å². The first-order valence-corrected chi connectivity index (χ1v) is 11.8. The van der Waals surface area contributed by atoms with E-state index in [2.05, 4.69) is 20.9 Å². The van der Waals surface area contributed by atoms with Crippen LogP contribution in [0.25, 0.3) is 10.7 Å². The van der Waals surface area contributed by atoms with Crippen LogP contribution in [0.5, 0.6) is 0 Å². The molecule has 0 amide bonds. The normalized spacial score (nSPS) is 17.3. The average Bonchev–Trinajstić information content (AvgIpc) is 3.34. The van der Waals surface area contributed by atoms with Crippen molar-refractivity contribution >= 4 is 46.5 Å². The van der Waals surface area contributed by atoms with Gasteiger partial charge in [0.2, 0.25) is 0 Å². The van der Waals surface area contributed by atoms with E-state index in [9.17, 15) is 10.1 Å². The zero-order valence-electron chi connectivity index (χ0n) is 16.7. The maximum atomic E-state index is 11.4. The van der Waals surface area contributed by atoms with E-state index >= 15 is 0 Å². The molecule has 0 bridgehead atoms. The molecular weight excluding hydrogens is 456 g/mol. The van der Waals surface area contributed by atoms with E-state index in [1.54, 1.807) is 23.5 Å². The number of nitro benzene ring substituents is 1. The van der Waals surface area contributed by atoms with Gasteiger partial charge in [-0.2, -0.15) is 0 Å². The minimum absolute atomic E-state index is 0.0481. The minimum Gasteiger partial charge on any atom is -0.363 e. The molecule has 2 fully saturated rings. The fourth-order valence-corrected chi connectivity index (χ4v) is 5.18. The van der Waals surface area contributed by atoms with E-state index in [-0.39, 0.29) is 10.6 Å². The van der Waals surface area contributed by atoms with Crippen molar-refractivity contribution in [3.63, 3.8) is 0 Å². The fourth-order valence-electron chi connectivity index (χ4n) is 3.98. The van der Waals surface area contributed by atoms with Crippen LogP contribution in [0.1, 0.15) is 18.9 Å². The average molecular weight is 477 g/mol. The van der Waals surface area contributed by atoms with Gasteiger partial charge in [-0.15, -0.1) is 16.4 Å². The molecule has 0 N–H and O–H groups in total. The molecule has 0 spiro atoms. The molecule has 0 unspecified atom stereocenters. The van der Waals surface area contributed by atoms with E-state index in [0.29, 0.717) is 36.5 Å². The quantitative estimate of drug-likeness (QED) is 0.288. The Morgan fingerprint density at radius 1 is 1.23 bits per heavy atom. The van der Waals surface area contributed by atoms with Crippen LogP contribution in [0, 0.1) is 14.9 Å². The predicted octanol–water partition coefficient (Wildman–Crippen LogP) is 4.82. The van der Waals surface area contributed by atoms with Crippen molar-refractivity contribution in [1.82, 2.24) is 19.2 Å². The number of hydrogen-bond acceptors (Lipinski definition) is 7.